The van der Waals surface area contributed by atoms with E-state index in [1.807, 2.05) is 0 Å². The Kier molecular flexibility index (Phi) is 4.31. The molecule has 1 amide bonds. The molecule has 8 heteroatoms. The van der Waals surface area contributed by atoms with E-state index in [2.05, 4.69) is 15.3 Å². The molecule has 0 aliphatic carbocycles. The van der Waals surface area contributed by atoms with Gasteiger partial charge in [0.2, 0.25) is 0 Å². The number of hydrogen-bond acceptors (Lipinski definition) is 4. The summed E-state index contributed by atoms with van der Waals surface area (Å²) in [7, 11) is 0. The van der Waals surface area contributed by atoms with Crippen LogP contribution in [0.4, 0.5) is 0 Å². The Morgan fingerprint density at radius 3 is 2.80 bits per heavy atom. The van der Waals surface area contributed by atoms with Crippen LogP contribution in [-0.4, -0.2) is 38.1 Å². The first kappa shape index (κ1) is 14.0. The lowest BCUT2D eigenvalue weighted by molar-refractivity contribution is 0.0690. The summed E-state index contributed by atoms with van der Waals surface area (Å²) in [6.45, 7) is 0.731. The van der Waals surface area contributed by atoms with Crippen molar-refractivity contribution >= 4 is 23.5 Å². The van der Waals surface area contributed by atoms with Crippen molar-refractivity contribution in [2.24, 2.45) is 0 Å². The number of halogens is 1. The number of carboxylic acids is 1. The number of aromatic nitrogens is 3. The summed E-state index contributed by atoms with van der Waals surface area (Å²) in [5, 5.41) is 11.8. The number of imidazole rings is 1. The first-order valence-corrected chi connectivity index (χ1v) is 6.09. The highest BCUT2D eigenvalue weighted by Gasteiger charge is 2.08. The zero-order valence-corrected chi connectivity index (χ0v) is 11.0. The molecule has 0 aliphatic heterocycles. The lowest BCUT2D eigenvalue weighted by atomic mass is 10.3. The van der Waals surface area contributed by atoms with Crippen LogP contribution in [0.1, 0.15) is 21.0 Å². The van der Waals surface area contributed by atoms with Crippen molar-refractivity contribution in [3.63, 3.8) is 0 Å². The third-order valence-corrected chi connectivity index (χ3v) is 2.70. The number of pyridine rings is 1. The number of hydrogen-bond donors (Lipinski definition) is 2. The van der Waals surface area contributed by atoms with Gasteiger partial charge in [0, 0.05) is 30.5 Å². The molecule has 104 valence electrons. The number of carboxylic acid groups (broad SMARTS) is 1. The maximum atomic E-state index is 11.7. The molecule has 0 fully saturated rings. The van der Waals surface area contributed by atoms with Gasteiger partial charge < -0.3 is 15.0 Å². The molecular formula is C12H11ClN4O3. The summed E-state index contributed by atoms with van der Waals surface area (Å²) in [6.07, 6.45) is 4.24. The van der Waals surface area contributed by atoms with Gasteiger partial charge in [-0.2, -0.15) is 0 Å². The molecule has 0 aromatic carbocycles. The number of carbonyl (C=O) groups is 2. The number of rotatable bonds is 5. The lowest BCUT2D eigenvalue weighted by Gasteiger charge is -2.05. The third kappa shape index (κ3) is 3.55. The molecule has 20 heavy (non-hydrogen) atoms. The Labute approximate surface area is 119 Å². The standard InChI is InChI=1S/C12H11ClN4O3/c13-8-1-2-14-9(5-8)11(18)15-3-4-17-6-10(12(19)20)16-7-17/h1-2,5-7H,3-4H2,(H,15,18)(H,19,20). The van der Waals surface area contributed by atoms with E-state index >= 15 is 0 Å². The fourth-order valence-corrected chi connectivity index (χ4v) is 1.67. The predicted octanol–water partition coefficient (Wildman–Crippen LogP) is 1.06. The molecule has 0 bridgehead atoms. The second kappa shape index (κ2) is 6.16. The zero-order valence-electron chi connectivity index (χ0n) is 10.3. The average molecular weight is 295 g/mol. The topological polar surface area (TPSA) is 97.1 Å². The van der Waals surface area contributed by atoms with Crippen molar-refractivity contribution in [1.29, 1.82) is 0 Å². The highest BCUT2D eigenvalue weighted by atomic mass is 35.5. The summed E-state index contributed by atoms with van der Waals surface area (Å²) in [5.41, 5.74) is 0.196. The molecule has 0 saturated heterocycles. The van der Waals surface area contributed by atoms with Crippen molar-refractivity contribution in [2.75, 3.05) is 6.54 Å². The highest BCUT2D eigenvalue weighted by Crippen LogP contribution is 2.07. The highest BCUT2D eigenvalue weighted by molar-refractivity contribution is 6.30. The van der Waals surface area contributed by atoms with E-state index in [1.165, 1.54) is 24.8 Å². The van der Waals surface area contributed by atoms with E-state index in [1.54, 1.807) is 10.6 Å². The van der Waals surface area contributed by atoms with E-state index in [9.17, 15) is 9.59 Å². The van der Waals surface area contributed by atoms with E-state index in [-0.39, 0.29) is 17.3 Å². The van der Waals surface area contributed by atoms with Crippen molar-refractivity contribution < 1.29 is 14.7 Å². The normalized spacial score (nSPS) is 10.2. The third-order valence-electron chi connectivity index (χ3n) is 2.46. The second-order valence-electron chi connectivity index (χ2n) is 3.92. The van der Waals surface area contributed by atoms with Gasteiger partial charge in [-0.1, -0.05) is 11.6 Å². The van der Waals surface area contributed by atoms with Crippen LogP contribution in [0, 0.1) is 0 Å². The molecule has 0 saturated carbocycles. The fourth-order valence-electron chi connectivity index (χ4n) is 1.51. The summed E-state index contributed by atoms with van der Waals surface area (Å²) in [4.78, 5) is 30.0. The molecule has 2 N–H and O–H groups in total. The first-order valence-electron chi connectivity index (χ1n) is 5.71. The maximum absolute atomic E-state index is 11.7. The predicted molar refractivity (Wildman–Crippen MR) is 70.8 cm³/mol. The van der Waals surface area contributed by atoms with Gasteiger partial charge in [0.05, 0.1) is 6.33 Å². The van der Waals surface area contributed by atoms with Gasteiger partial charge in [-0.05, 0) is 12.1 Å². The molecule has 7 nitrogen and oxygen atoms in total. The van der Waals surface area contributed by atoms with Crippen molar-refractivity contribution in [3.8, 4) is 0 Å². The SMILES string of the molecule is O=C(O)c1cn(CCNC(=O)c2cc(Cl)ccn2)cn1. The van der Waals surface area contributed by atoms with Gasteiger partial charge >= 0.3 is 5.97 Å². The van der Waals surface area contributed by atoms with Crippen LogP contribution in [0.3, 0.4) is 0 Å². The van der Waals surface area contributed by atoms with Crippen LogP contribution in [0.25, 0.3) is 0 Å². The Morgan fingerprint density at radius 1 is 1.35 bits per heavy atom. The molecule has 0 unspecified atom stereocenters. The van der Waals surface area contributed by atoms with Crippen LogP contribution in [0.5, 0.6) is 0 Å². The van der Waals surface area contributed by atoms with Gasteiger partial charge in [0.1, 0.15) is 5.69 Å². The van der Waals surface area contributed by atoms with Crippen LogP contribution in [-0.2, 0) is 6.54 Å². The van der Waals surface area contributed by atoms with Gasteiger partial charge in [-0.15, -0.1) is 0 Å². The molecule has 0 spiro atoms. The van der Waals surface area contributed by atoms with E-state index in [0.29, 0.717) is 18.1 Å². The van der Waals surface area contributed by atoms with Crippen molar-refractivity contribution in [3.05, 3.63) is 47.3 Å². The Balaban J connectivity index is 1.86. The number of aromatic carboxylic acids is 1. The van der Waals surface area contributed by atoms with Crippen molar-refractivity contribution in [1.82, 2.24) is 19.9 Å². The number of nitrogens with one attached hydrogen (secondary N) is 1. The Hall–Kier alpha value is -2.41. The molecule has 0 aliphatic rings. The zero-order chi connectivity index (χ0) is 14.5. The summed E-state index contributed by atoms with van der Waals surface area (Å²) in [5.74, 6) is -1.43. The number of amides is 1. The second-order valence-corrected chi connectivity index (χ2v) is 4.35. The van der Waals surface area contributed by atoms with Gasteiger partial charge in [0.15, 0.2) is 5.69 Å². The summed E-state index contributed by atoms with van der Waals surface area (Å²) >= 11 is 5.76. The molecule has 0 atom stereocenters. The summed E-state index contributed by atoms with van der Waals surface area (Å²) in [6, 6.07) is 3.05. The molecule has 2 aromatic rings. The van der Waals surface area contributed by atoms with Crippen LogP contribution in [0.15, 0.2) is 30.9 Å². The Morgan fingerprint density at radius 2 is 2.15 bits per heavy atom. The van der Waals surface area contributed by atoms with Crippen LogP contribution >= 0.6 is 11.6 Å². The van der Waals surface area contributed by atoms with E-state index < -0.39 is 5.97 Å². The quantitative estimate of drug-likeness (QED) is 0.859. The molecule has 2 heterocycles. The van der Waals surface area contributed by atoms with E-state index in [0.717, 1.165) is 0 Å². The molecular weight excluding hydrogens is 284 g/mol. The van der Waals surface area contributed by atoms with Gasteiger partial charge in [0.25, 0.3) is 5.91 Å². The van der Waals surface area contributed by atoms with Crippen molar-refractivity contribution in [2.45, 2.75) is 6.54 Å². The largest absolute Gasteiger partial charge is 0.476 e. The number of nitrogens with zero attached hydrogens (tertiary/aromatic N) is 3. The summed E-state index contributed by atoms with van der Waals surface area (Å²) < 4.78 is 1.58. The lowest BCUT2D eigenvalue weighted by Crippen LogP contribution is -2.27. The molecule has 0 radical (unpaired) electrons. The monoisotopic (exact) mass is 294 g/mol. The van der Waals surface area contributed by atoms with Gasteiger partial charge in [-0.3, -0.25) is 9.78 Å². The fraction of sp³-hybridized carbons (Fsp3) is 0.167. The Bertz CT molecular complexity index is 641. The minimum absolute atomic E-state index is 0.0344. The van der Waals surface area contributed by atoms with E-state index in [4.69, 9.17) is 16.7 Å². The van der Waals surface area contributed by atoms with Crippen LogP contribution < -0.4 is 5.32 Å². The minimum Gasteiger partial charge on any atom is -0.476 e. The smallest absolute Gasteiger partial charge is 0.356 e. The minimum atomic E-state index is -1.09. The molecule has 2 rings (SSSR count). The average Bonchev–Trinajstić information content (AvgIpc) is 2.87. The van der Waals surface area contributed by atoms with Crippen LogP contribution in [0.2, 0.25) is 5.02 Å². The maximum Gasteiger partial charge on any atom is 0.356 e. The number of carbonyl (C=O) groups excluding carboxylic acids is 1. The van der Waals surface area contributed by atoms with Gasteiger partial charge in [-0.25, -0.2) is 9.78 Å². The first-order chi connectivity index (χ1) is 9.56. The molecule has 2 aromatic heterocycles.